The van der Waals surface area contributed by atoms with Crippen LogP contribution in [0.15, 0.2) is 29.6 Å². The summed E-state index contributed by atoms with van der Waals surface area (Å²) < 4.78 is 0. The van der Waals surface area contributed by atoms with Crippen molar-refractivity contribution >= 4 is 28.2 Å². The number of nitrogens with two attached hydrogens (primary N) is 1. The largest absolute Gasteiger partial charge is 0.375 e. The second kappa shape index (κ2) is 9.71. The summed E-state index contributed by atoms with van der Waals surface area (Å²) in [7, 11) is 0. The molecule has 3 rings (SSSR count). The molecule has 146 valence electrons. The number of nitrogen functional groups attached to an aromatic ring is 1. The molecule has 0 unspecified atom stereocenters. The molecule has 7 heteroatoms. The Labute approximate surface area is 165 Å². The highest BCUT2D eigenvalue weighted by Gasteiger charge is 2.18. The lowest BCUT2D eigenvalue weighted by Crippen LogP contribution is -2.36. The molecule has 1 aliphatic rings. The van der Waals surface area contributed by atoms with Crippen LogP contribution in [0.2, 0.25) is 0 Å². The van der Waals surface area contributed by atoms with Crippen LogP contribution in [-0.2, 0) is 13.0 Å². The number of nitrogens with one attached hydrogen (secondary N) is 2. The van der Waals surface area contributed by atoms with Gasteiger partial charge >= 0.3 is 6.03 Å². The third-order valence-corrected chi connectivity index (χ3v) is 5.70. The van der Waals surface area contributed by atoms with E-state index in [0.29, 0.717) is 17.7 Å². The van der Waals surface area contributed by atoms with Crippen molar-refractivity contribution < 1.29 is 4.79 Å². The third-order valence-electron chi connectivity index (χ3n) is 4.98. The second-order valence-electron chi connectivity index (χ2n) is 7.18. The maximum absolute atomic E-state index is 12.1. The number of carbonyl (C=O) groups is 1. The van der Waals surface area contributed by atoms with Crippen molar-refractivity contribution in [2.45, 2.75) is 51.6 Å². The number of anilines is 2. The Balaban J connectivity index is 1.42. The van der Waals surface area contributed by atoms with E-state index in [9.17, 15) is 4.79 Å². The van der Waals surface area contributed by atoms with Crippen LogP contribution in [-0.4, -0.2) is 35.0 Å². The molecule has 2 aromatic rings. The first-order valence-electron chi connectivity index (χ1n) is 9.68. The first-order chi connectivity index (χ1) is 13.1. The fourth-order valence-electron chi connectivity index (χ4n) is 3.46. The van der Waals surface area contributed by atoms with E-state index in [4.69, 9.17) is 5.73 Å². The van der Waals surface area contributed by atoms with E-state index < -0.39 is 0 Å². The molecule has 2 heterocycles. The summed E-state index contributed by atoms with van der Waals surface area (Å²) >= 11 is 1.45. The van der Waals surface area contributed by atoms with Gasteiger partial charge in [0.2, 0.25) is 0 Å². The van der Waals surface area contributed by atoms with Crippen molar-refractivity contribution in [3.05, 3.63) is 40.9 Å². The van der Waals surface area contributed by atoms with Crippen molar-refractivity contribution in [3.63, 3.8) is 0 Å². The van der Waals surface area contributed by atoms with Gasteiger partial charge in [-0.25, -0.2) is 9.78 Å². The Kier molecular flexibility index (Phi) is 7.06. The minimum atomic E-state index is -0.170. The first kappa shape index (κ1) is 19.6. The zero-order chi connectivity index (χ0) is 19.1. The Morgan fingerprint density at radius 1 is 1.41 bits per heavy atom. The standard InChI is InChI=1S/C20H29N5OS/c1-15-6-2-3-11-25(15)13-16-7-4-8-17(12-16)24-20(26)22-10-5-9-18-14-27-19(21)23-18/h4,7-8,12,14-15H,2-3,5-6,9-11,13H2,1H3,(H2,21,23)(H2,22,24,26)/t15-/m1/s1. The Bertz CT molecular complexity index is 747. The molecule has 1 aliphatic heterocycles. The average Bonchev–Trinajstić information content (AvgIpc) is 3.06. The number of aryl methyl sites for hydroxylation is 1. The summed E-state index contributed by atoms with van der Waals surface area (Å²) in [4.78, 5) is 18.9. The molecule has 4 N–H and O–H groups in total. The number of hydrogen-bond donors (Lipinski definition) is 3. The Hall–Kier alpha value is -2.12. The topological polar surface area (TPSA) is 83.3 Å². The summed E-state index contributed by atoms with van der Waals surface area (Å²) in [6.45, 7) is 5.00. The lowest BCUT2D eigenvalue weighted by Gasteiger charge is -2.33. The summed E-state index contributed by atoms with van der Waals surface area (Å²) in [6, 6.07) is 8.60. The van der Waals surface area contributed by atoms with E-state index in [0.717, 1.165) is 37.3 Å². The normalized spacial score (nSPS) is 17.6. The third kappa shape index (κ3) is 6.22. The highest BCUT2D eigenvalue weighted by molar-refractivity contribution is 7.13. The van der Waals surface area contributed by atoms with Gasteiger partial charge in [-0.1, -0.05) is 18.6 Å². The van der Waals surface area contributed by atoms with E-state index in [-0.39, 0.29) is 6.03 Å². The Morgan fingerprint density at radius 3 is 3.07 bits per heavy atom. The van der Waals surface area contributed by atoms with Crippen LogP contribution >= 0.6 is 11.3 Å². The van der Waals surface area contributed by atoms with Crippen LogP contribution in [0, 0.1) is 0 Å². The molecule has 0 bridgehead atoms. The quantitative estimate of drug-likeness (QED) is 0.630. The number of thiazole rings is 1. The van der Waals surface area contributed by atoms with E-state index in [1.165, 1.54) is 36.2 Å². The predicted octanol–water partition coefficient (Wildman–Crippen LogP) is 3.85. The van der Waals surface area contributed by atoms with Crippen LogP contribution in [0.25, 0.3) is 0 Å². The van der Waals surface area contributed by atoms with Gasteiger partial charge in [-0.15, -0.1) is 11.3 Å². The SMILES string of the molecule is C[C@@H]1CCCCN1Cc1cccc(NC(=O)NCCCc2csc(N)n2)c1. The summed E-state index contributed by atoms with van der Waals surface area (Å²) in [5, 5.41) is 8.39. The molecule has 27 heavy (non-hydrogen) atoms. The molecule has 1 fully saturated rings. The molecular weight excluding hydrogens is 358 g/mol. The number of nitrogens with zero attached hydrogens (tertiary/aromatic N) is 2. The molecule has 0 aliphatic carbocycles. The van der Waals surface area contributed by atoms with Gasteiger partial charge in [0.15, 0.2) is 5.13 Å². The smallest absolute Gasteiger partial charge is 0.319 e. The lowest BCUT2D eigenvalue weighted by molar-refractivity contribution is 0.152. The minimum Gasteiger partial charge on any atom is -0.375 e. The first-order valence-corrected chi connectivity index (χ1v) is 10.6. The summed E-state index contributed by atoms with van der Waals surface area (Å²) in [5.41, 5.74) is 8.68. The predicted molar refractivity (Wildman–Crippen MR) is 112 cm³/mol. The van der Waals surface area contributed by atoms with E-state index in [2.05, 4.69) is 39.6 Å². The van der Waals surface area contributed by atoms with Gasteiger partial charge in [0.25, 0.3) is 0 Å². The number of benzene rings is 1. The molecular formula is C20H29N5OS. The number of amides is 2. The fraction of sp³-hybridized carbons (Fsp3) is 0.500. The van der Waals surface area contributed by atoms with Gasteiger partial charge in [-0.3, -0.25) is 4.90 Å². The van der Waals surface area contributed by atoms with Crippen molar-refractivity contribution in [1.82, 2.24) is 15.2 Å². The molecule has 2 amide bonds. The van der Waals surface area contributed by atoms with Crippen molar-refractivity contribution in [3.8, 4) is 0 Å². The lowest BCUT2D eigenvalue weighted by atomic mass is 10.0. The number of carbonyl (C=O) groups excluding carboxylic acids is 1. The summed E-state index contributed by atoms with van der Waals surface area (Å²) in [5.74, 6) is 0. The van der Waals surface area contributed by atoms with Crippen LogP contribution in [0.4, 0.5) is 15.6 Å². The van der Waals surface area contributed by atoms with Crippen molar-refractivity contribution in [2.24, 2.45) is 0 Å². The summed E-state index contributed by atoms with van der Waals surface area (Å²) in [6.07, 6.45) is 5.53. The number of aromatic nitrogens is 1. The highest BCUT2D eigenvalue weighted by atomic mass is 32.1. The number of rotatable bonds is 7. The molecule has 0 spiro atoms. The van der Waals surface area contributed by atoms with Gasteiger partial charge in [-0.2, -0.15) is 0 Å². The molecule has 1 atom stereocenters. The number of urea groups is 1. The zero-order valence-corrected chi connectivity index (χ0v) is 16.7. The maximum Gasteiger partial charge on any atom is 0.319 e. The molecule has 0 radical (unpaired) electrons. The zero-order valence-electron chi connectivity index (χ0n) is 15.9. The molecule has 1 aromatic heterocycles. The molecule has 0 saturated carbocycles. The van der Waals surface area contributed by atoms with Gasteiger partial charge in [0.05, 0.1) is 5.69 Å². The van der Waals surface area contributed by atoms with Crippen LogP contribution in [0.3, 0.4) is 0 Å². The Morgan fingerprint density at radius 2 is 2.30 bits per heavy atom. The van der Waals surface area contributed by atoms with E-state index >= 15 is 0 Å². The fourth-order valence-corrected chi connectivity index (χ4v) is 4.06. The monoisotopic (exact) mass is 387 g/mol. The van der Waals surface area contributed by atoms with Gasteiger partial charge in [-0.05, 0) is 56.8 Å². The molecule has 1 saturated heterocycles. The average molecular weight is 388 g/mol. The number of likely N-dealkylation sites (tertiary alicyclic amines) is 1. The van der Waals surface area contributed by atoms with Gasteiger partial charge in [0, 0.05) is 30.2 Å². The minimum absolute atomic E-state index is 0.170. The molecule has 1 aromatic carbocycles. The van der Waals surface area contributed by atoms with E-state index in [1.807, 2.05) is 17.5 Å². The van der Waals surface area contributed by atoms with Crippen LogP contribution < -0.4 is 16.4 Å². The van der Waals surface area contributed by atoms with Crippen molar-refractivity contribution in [1.29, 1.82) is 0 Å². The molecule has 6 nitrogen and oxygen atoms in total. The number of piperidine rings is 1. The van der Waals surface area contributed by atoms with Crippen molar-refractivity contribution in [2.75, 3.05) is 24.1 Å². The van der Waals surface area contributed by atoms with E-state index in [1.54, 1.807) is 0 Å². The van der Waals surface area contributed by atoms with Gasteiger partial charge < -0.3 is 16.4 Å². The highest BCUT2D eigenvalue weighted by Crippen LogP contribution is 2.20. The second-order valence-corrected chi connectivity index (χ2v) is 8.07. The maximum atomic E-state index is 12.1. The van der Waals surface area contributed by atoms with Crippen LogP contribution in [0.5, 0.6) is 0 Å². The van der Waals surface area contributed by atoms with Crippen LogP contribution in [0.1, 0.15) is 43.9 Å². The van der Waals surface area contributed by atoms with Gasteiger partial charge in [0.1, 0.15) is 0 Å². The number of hydrogen-bond acceptors (Lipinski definition) is 5.